The van der Waals surface area contributed by atoms with Crippen LogP contribution in [-0.2, 0) is 4.79 Å². The Kier molecular flexibility index (Phi) is 4.63. The third-order valence-electron chi connectivity index (χ3n) is 4.59. The van der Waals surface area contributed by atoms with E-state index in [9.17, 15) is 24.2 Å². The van der Waals surface area contributed by atoms with Gasteiger partial charge in [-0.1, -0.05) is 20.4 Å². The number of hydrogen-bond acceptors (Lipinski definition) is 6. The summed E-state index contributed by atoms with van der Waals surface area (Å²) in [5.74, 6) is -1.58. The van der Waals surface area contributed by atoms with Gasteiger partial charge in [-0.2, -0.15) is 4.98 Å². The van der Waals surface area contributed by atoms with Crippen LogP contribution in [0.3, 0.4) is 0 Å². The molecule has 4 N–H and O–H groups in total. The number of alkyl halides is 1. The Morgan fingerprint density at radius 3 is 2.81 bits per heavy atom. The van der Waals surface area contributed by atoms with Crippen molar-refractivity contribution in [2.75, 3.05) is 11.9 Å². The van der Waals surface area contributed by atoms with Crippen LogP contribution in [0.2, 0.25) is 0 Å². The number of carbonyl (C=O) groups is 1. The lowest BCUT2D eigenvalue weighted by Crippen LogP contribution is -2.27. The number of nitrogens with zero attached hydrogens (tertiary/aromatic N) is 3. The lowest BCUT2D eigenvalue weighted by molar-refractivity contribution is -0.118. The molecule has 0 aliphatic heterocycles. The van der Waals surface area contributed by atoms with Crippen LogP contribution < -0.4 is 10.9 Å². The standard InChI is InChI=1S/C16H20FN5O4/c1-6(2)14(25)20-16-19-13-10(15(26)21-16)18-5-22(13)11-7(3)8(4-23)12(24)9(11)17/h5-6,8-9,11-12,23-24H,3-4H2,1-2H3,(H2,19,20,21,25,26)/t8-,9?,11+,12+/m0/s1. The minimum Gasteiger partial charge on any atom is -0.396 e. The first-order valence-electron chi connectivity index (χ1n) is 8.15. The molecule has 0 bridgehead atoms. The second-order valence-electron chi connectivity index (χ2n) is 6.63. The predicted octanol–water partition coefficient (Wildman–Crippen LogP) is 0.132. The number of halogens is 1. The van der Waals surface area contributed by atoms with Crippen molar-refractivity contribution in [3.63, 3.8) is 0 Å². The summed E-state index contributed by atoms with van der Waals surface area (Å²) in [6.07, 6.45) is -1.93. The first kappa shape index (κ1) is 18.2. The Morgan fingerprint density at radius 1 is 1.54 bits per heavy atom. The number of carbonyl (C=O) groups excluding carboxylic acids is 1. The predicted molar refractivity (Wildman–Crippen MR) is 91.3 cm³/mol. The summed E-state index contributed by atoms with van der Waals surface area (Å²) >= 11 is 0. The average Bonchev–Trinajstić information content (AvgIpc) is 3.07. The normalized spacial score (nSPS) is 26.0. The zero-order valence-corrected chi connectivity index (χ0v) is 14.3. The summed E-state index contributed by atoms with van der Waals surface area (Å²) < 4.78 is 15.9. The molecule has 1 aliphatic carbocycles. The van der Waals surface area contributed by atoms with Gasteiger partial charge in [0, 0.05) is 11.8 Å². The largest absolute Gasteiger partial charge is 0.396 e. The van der Waals surface area contributed by atoms with E-state index in [1.165, 1.54) is 10.9 Å². The highest BCUT2D eigenvalue weighted by Gasteiger charge is 2.47. The summed E-state index contributed by atoms with van der Waals surface area (Å²) in [6.45, 7) is 6.69. The SMILES string of the molecule is C=C1[C@@H](n2cnc3c(=O)[nH]c(NC(=O)C(C)C)nc32)C(F)[C@H](O)[C@H]1CO. The van der Waals surface area contributed by atoms with Crippen molar-refractivity contribution in [1.82, 2.24) is 19.5 Å². The van der Waals surface area contributed by atoms with Crippen LogP contribution in [0.4, 0.5) is 10.3 Å². The van der Waals surface area contributed by atoms with E-state index in [4.69, 9.17) is 0 Å². The third-order valence-corrected chi connectivity index (χ3v) is 4.59. The second-order valence-corrected chi connectivity index (χ2v) is 6.63. The van der Waals surface area contributed by atoms with E-state index in [0.717, 1.165) is 0 Å². The van der Waals surface area contributed by atoms with E-state index >= 15 is 0 Å². The molecular weight excluding hydrogens is 345 g/mol. The second kappa shape index (κ2) is 6.61. The highest BCUT2D eigenvalue weighted by Crippen LogP contribution is 2.41. The molecule has 140 valence electrons. The number of hydrogen-bond donors (Lipinski definition) is 4. The van der Waals surface area contributed by atoms with Gasteiger partial charge in [-0.3, -0.25) is 19.9 Å². The maximum Gasteiger partial charge on any atom is 0.280 e. The Hall–Kier alpha value is -2.59. The molecule has 1 fully saturated rings. The number of fused-ring (bicyclic) bond motifs is 1. The van der Waals surface area contributed by atoms with Gasteiger partial charge in [-0.05, 0) is 5.57 Å². The van der Waals surface area contributed by atoms with E-state index in [2.05, 4.69) is 26.8 Å². The number of H-pyrrole nitrogens is 1. The lowest BCUT2D eigenvalue weighted by atomic mass is 10.0. The molecule has 9 nitrogen and oxygen atoms in total. The molecule has 26 heavy (non-hydrogen) atoms. The van der Waals surface area contributed by atoms with Crippen molar-refractivity contribution in [2.45, 2.75) is 32.2 Å². The zero-order valence-electron chi connectivity index (χ0n) is 14.3. The number of imidazole rings is 1. The third kappa shape index (κ3) is 2.80. The van der Waals surface area contributed by atoms with Crippen molar-refractivity contribution in [3.05, 3.63) is 28.8 Å². The van der Waals surface area contributed by atoms with Crippen LogP contribution >= 0.6 is 0 Å². The minimum atomic E-state index is -1.74. The topological polar surface area (TPSA) is 133 Å². The van der Waals surface area contributed by atoms with Crippen molar-refractivity contribution in [3.8, 4) is 0 Å². The van der Waals surface area contributed by atoms with Crippen molar-refractivity contribution < 1.29 is 19.4 Å². The number of aromatic nitrogens is 4. The van der Waals surface area contributed by atoms with Crippen LogP contribution in [-0.4, -0.2) is 54.5 Å². The number of anilines is 1. The first-order chi connectivity index (χ1) is 12.3. The van der Waals surface area contributed by atoms with E-state index in [-0.39, 0.29) is 34.5 Å². The summed E-state index contributed by atoms with van der Waals surface area (Å²) in [5.41, 5.74) is -0.297. The van der Waals surface area contributed by atoms with Gasteiger partial charge in [-0.25, -0.2) is 9.37 Å². The van der Waals surface area contributed by atoms with E-state index < -0.39 is 36.4 Å². The van der Waals surface area contributed by atoms with Crippen LogP contribution in [0.1, 0.15) is 19.9 Å². The molecule has 2 heterocycles. The summed E-state index contributed by atoms with van der Waals surface area (Å²) in [7, 11) is 0. The Bertz CT molecular complexity index is 921. The van der Waals surface area contributed by atoms with Crippen molar-refractivity contribution in [2.24, 2.45) is 11.8 Å². The fourth-order valence-corrected chi connectivity index (χ4v) is 3.06. The van der Waals surface area contributed by atoms with Gasteiger partial charge in [0.05, 0.1) is 25.1 Å². The van der Waals surface area contributed by atoms with Crippen LogP contribution in [0.5, 0.6) is 0 Å². The van der Waals surface area contributed by atoms with Gasteiger partial charge in [0.25, 0.3) is 5.56 Å². The van der Waals surface area contributed by atoms with Crippen molar-refractivity contribution >= 4 is 23.0 Å². The zero-order chi connectivity index (χ0) is 19.2. The molecule has 10 heteroatoms. The number of aliphatic hydroxyl groups is 2. The molecule has 0 spiro atoms. The number of aliphatic hydroxyl groups excluding tert-OH is 2. The molecule has 1 amide bonds. The highest BCUT2D eigenvalue weighted by molar-refractivity contribution is 5.91. The molecule has 1 aliphatic rings. The lowest BCUT2D eigenvalue weighted by Gasteiger charge is -2.17. The number of rotatable bonds is 4. The van der Waals surface area contributed by atoms with Crippen molar-refractivity contribution in [1.29, 1.82) is 0 Å². The summed E-state index contributed by atoms with van der Waals surface area (Å²) in [6, 6.07) is -1.03. The van der Waals surface area contributed by atoms with E-state index in [1.807, 2.05) is 0 Å². The average molecular weight is 365 g/mol. The monoisotopic (exact) mass is 365 g/mol. The molecule has 4 atom stereocenters. The van der Waals surface area contributed by atoms with Gasteiger partial charge >= 0.3 is 0 Å². The minimum absolute atomic E-state index is 0.0329. The van der Waals surface area contributed by atoms with Gasteiger partial charge in [0.2, 0.25) is 11.9 Å². The molecule has 2 aromatic rings. The highest BCUT2D eigenvalue weighted by atomic mass is 19.1. The van der Waals surface area contributed by atoms with Crippen LogP contribution in [0.15, 0.2) is 23.3 Å². The molecule has 1 saturated carbocycles. The fourth-order valence-electron chi connectivity index (χ4n) is 3.06. The van der Waals surface area contributed by atoms with E-state index in [1.54, 1.807) is 13.8 Å². The molecule has 0 saturated heterocycles. The Balaban J connectivity index is 2.08. The molecule has 0 radical (unpaired) electrons. The molecule has 2 aromatic heterocycles. The van der Waals surface area contributed by atoms with Crippen LogP contribution in [0, 0.1) is 11.8 Å². The maximum atomic E-state index is 14.6. The fraction of sp³-hybridized carbons (Fsp3) is 0.500. The summed E-state index contributed by atoms with van der Waals surface area (Å²) in [4.78, 5) is 34.6. The summed E-state index contributed by atoms with van der Waals surface area (Å²) in [5, 5.41) is 21.8. The van der Waals surface area contributed by atoms with E-state index in [0.29, 0.717) is 0 Å². The smallest absolute Gasteiger partial charge is 0.280 e. The molecule has 3 rings (SSSR count). The quantitative estimate of drug-likeness (QED) is 0.569. The van der Waals surface area contributed by atoms with Gasteiger partial charge in [0.15, 0.2) is 17.3 Å². The first-order valence-corrected chi connectivity index (χ1v) is 8.15. The van der Waals surface area contributed by atoms with Gasteiger partial charge in [-0.15, -0.1) is 0 Å². The molecular formula is C16H20FN5O4. The van der Waals surface area contributed by atoms with Gasteiger partial charge < -0.3 is 14.8 Å². The Morgan fingerprint density at radius 2 is 2.23 bits per heavy atom. The van der Waals surface area contributed by atoms with Crippen LogP contribution in [0.25, 0.3) is 11.2 Å². The Labute approximate surface area is 147 Å². The maximum absolute atomic E-state index is 14.6. The number of amides is 1. The van der Waals surface area contributed by atoms with Gasteiger partial charge in [0.1, 0.15) is 0 Å². The molecule has 0 aromatic carbocycles. The number of nitrogens with one attached hydrogen (secondary N) is 2. The number of aromatic amines is 1. The molecule has 1 unspecified atom stereocenters.